The molecule has 0 saturated carbocycles. The Morgan fingerprint density at radius 1 is 1.35 bits per heavy atom. The normalized spacial score (nSPS) is 16.5. The van der Waals surface area contributed by atoms with Gasteiger partial charge in [-0.1, -0.05) is 12.1 Å². The molecule has 0 atom stereocenters. The van der Waals surface area contributed by atoms with Gasteiger partial charge in [-0.15, -0.1) is 0 Å². The minimum Gasteiger partial charge on any atom is -0.390 e. The molecule has 23 heavy (non-hydrogen) atoms. The average molecular weight is 312 g/mol. The van der Waals surface area contributed by atoms with Gasteiger partial charge in [0.2, 0.25) is 0 Å². The van der Waals surface area contributed by atoms with Gasteiger partial charge in [0.1, 0.15) is 0 Å². The topological polar surface area (TPSA) is 70.4 Å². The number of fused-ring (bicyclic) bond motifs is 2. The highest BCUT2D eigenvalue weighted by Crippen LogP contribution is 2.28. The fraction of sp³-hybridized carbons (Fsp3) is 0.412. The lowest BCUT2D eigenvalue weighted by atomic mass is 9.98. The van der Waals surface area contributed by atoms with E-state index >= 15 is 0 Å². The van der Waals surface area contributed by atoms with E-state index in [4.69, 9.17) is 0 Å². The largest absolute Gasteiger partial charge is 0.390 e. The molecule has 4 rings (SSSR count). The van der Waals surface area contributed by atoms with Gasteiger partial charge in [0, 0.05) is 13.1 Å². The van der Waals surface area contributed by atoms with Crippen LogP contribution in [0.2, 0.25) is 0 Å². The number of aliphatic hydroxyl groups is 1. The van der Waals surface area contributed by atoms with Gasteiger partial charge < -0.3 is 15.3 Å². The van der Waals surface area contributed by atoms with E-state index < -0.39 is 0 Å². The standard InChI is InChI=1S/C17H20N4O2/c22-11-13-9-14-10-20(7-8-21(14)19-13)17(23)15-5-1-3-12-4-2-6-18-16(12)15/h1,3,5,9,18,22H,2,4,6-8,10-11H2. The number of amides is 1. The lowest BCUT2D eigenvalue weighted by Gasteiger charge is -2.29. The summed E-state index contributed by atoms with van der Waals surface area (Å²) in [6.45, 7) is 2.70. The molecule has 0 unspecified atom stereocenters. The monoisotopic (exact) mass is 312 g/mol. The summed E-state index contributed by atoms with van der Waals surface area (Å²) in [4.78, 5) is 14.8. The van der Waals surface area contributed by atoms with Crippen LogP contribution in [-0.4, -0.2) is 38.8 Å². The molecule has 2 aliphatic rings. The van der Waals surface area contributed by atoms with Crippen molar-refractivity contribution in [2.75, 3.05) is 18.4 Å². The molecular formula is C17H20N4O2. The molecule has 3 heterocycles. The maximum Gasteiger partial charge on any atom is 0.256 e. The molecule has 6 nitrogen and oxygen atoms in total. The van der Waals surface area contributed by atoms with Crippen LogP contribution in [0.25, 0.3) is 0 Å². The molecule has 120 valence electrons. The Morgan fingerprint density at radius 2 is 2.26 bits per heavy atom. The number of anilines is 1. The van der Waals surface area contributed by atoms with Gasteiger partial charge in [-0.2, -0.15) is 5.10 Å². The van der Waals surface area contributed by atoms with Gasteiger partial charge >= 0.3 is 0 Å². The van der Waals surface area contributed by atoms with Crippen LogP contribution in [-0.2, 0) is 26.1 Å². The Bertz CT molecular complexity index is 753. The fourth-order valence-electron chi connectivity index (χ4n) is 3.43. The predicted molar refractivity (Wildman–Crippen MR) is 86.1 cm³/mol. The first-order chi connectivity index (χ1) is 11.3. The number of benzene rings is 1. The molecule has 0 radical (unpaired) electrons. The summed E-state index contributed by atoms with van der Waals surface area (Å²) >= 11 is 0. The highest BCUT2D eigenvalue weighted by molar-refractivity contribution is 6.00. The van der Waals surface area contributed by atoms with E-state index in [1.165, 1.54) is 5.56 Å². The molecule has 1 aromatic carbocycles. The Labute approximate surface area is 134 Å². The number of hydrogen-bond acceptors (Lipinski definition) is 4. The van der Waals surface area contributed by atoms with Crippen LogP contribution in [0, 0.1) is 0 Å². The van der Waals surface area contributed by atoms with Crippen LogP contribution >= 0.6 is 0 Å². The first-order valence-corrected chi connectivity index (χ1v) is 8.08. The summed E-state index contributed by atoms with van der Waals surface area (Å²) < 4.78 is 1.88. The molecular weight excluding hydrogens is 292 g/mol. The average Bonchev–Trinajstić information content (AvgIpc) is 3.03. The maximum absolute atomic E-state index is 13.0. The quantitative estimate of drug-likeness (QED) is 0.879. The number of aryl methyl sites for hydroxylation is 1. The summed E-state index contributed by atoms with van der Waals surface area (Å²) in [6, 6.07) is 7.84. The second-order valence-corrected chi connectivity index (χ2v) is 6.11. The Kier molecular flexibility index (Phi) is 3.53. The molecule has 0 spiro atoms. The zero-order chi connectivity index (χ0) is 15.8. The lowest BCUT2D eigenvalue weighted by Crippen LogP contribution is -2.38. The van der Waals surface area contributed by atoms with Crippen molar-refractivity contribution in [2.45, 2.75) is 32.5 Å². The number of nitrogens with zero attached hydrogens (tertiary/aromatic N) is 3. The van der Waals surface area contributed by atoms with E-state index in [9.17, 15) is 9.90 Å². The van der Waals surface area contributed by atoms with Crippen LogP contribution in [0.5, 0.6) is 0 Å². The minimum atomic E-state index is -0.0654. The third kappa shape index (κ3) is 2.49. The molecule has 0 bridgehead atoms. The Morgan fingerprint density at radius 3 is 3.13 bits per heavy atom. The number of aromatic nitrogens is 2. The summed E-state index contributed by atoms with van der Waals surface area (Å²) in [5, 5.41) is 16.9. The summed E-state index contributed by atoms with van der Waals surface area (Å²) in [5.74, 6) is 0.0641. The number of carbonyl (C=O) groups excluding carboxylic acids is 1. The van der Waals surface area contributed by atoms with Crippen LogP contribution in [0.15, 0.2) is 24.3 Å². The first-order valence-electron chi connectivity index (χ1n) is 8.08. The third-order valence-electron chi connectivity index (χ3n) is 4.60. The Hall–Kier alpha value is -2.34. The zero-order valence-corrected chi connectivity index (χ0v) is 13.0. The van der Waals surface area contributed by atoms with Gasteiger partial charge in [0.05, 0.1) is 42.3 Å². The van der Waals surface area contributed by atoms with Gasteiger partial charge in [-0.3, -0.25) is 9.48 Å². The molecule has 2 aromatic rings. The van der Waals surface area contributed by atoms with E-state index in [1.54, 1.807) is 0 Å². The van der Waals surface area contributed by atoms with Gasteiger partial charge in [0.15, 0.2) is 0 Å². The highest BCUT2D eigenvalue weighted by Gasteiger charge is 2.26. The zero-order valence-electron chi connectivity index (χ0n) is 13.0. The Balaban J connectivity index is 1.61. The van der Waals surface area contributed by atoms with Gasteiger partial charge in [-0.25, -0.2) is 0 Å². The first kappa shape index (κ1) is 14.3. The van der Waals surface area contributed by atoms with Gasteiger partial charge in [0.25, 0.3) is 5.91 Å². The van der Waals surface area contributed by atoms with Crippen molar-refractivity contribution in [1.82, 2.24) is 14.7 Å². The predicted octanol–water partition coefficient (Wildman–Crippen LogP) is 1.39. The van der Waals surface area contributed by atoms with Crippen molar-refractivity contribution in [3.05, 3.63) is 46.8 Å². The van der Waals surface area contributed by atoms with E-state index in [2.05, 4.69) is 16.5 Å². The second-order valence-electron chi connectivity index (χ2n) is 6.11. The van der Waals surface area contributed by atoms with Crippen molar-refractivity contribution < 1.29 is 9.90 Å². The molecule has 6 heteroatoms. The van der Waals surface area contributed by atoms with Crippen LogP contribution in [0.4, 0.5) is 5.69 Å². The summed E-state index contributed by atoms with van der Waals surface area (Å²) in [7, 11) is 0. The number of para-hydroxylation sites is 1. The molecule has 2 N–H and O–H groups in total. The second kappa shape index (κ2) is 5.70. The fourth-order valence-corrected chi connectivity index (χ4v) is 3.43. The lowest BCUT2D eigenvalue weighted by molar-refractivity contribution is 0.0706. The SMILES string of the molecule is O=C(c1cccc2c1NCCC2)N1CCn2nc(CO)cc2C1. The number of rotatable bonds is 2. The van der Waals surface area contributed by atoms with Crippen molar-refractivity contribution >= 4 is 11.6 Å². The van der Waals surface area contributed by atoms with Crippen LogP contribution in [0.3, 0.4) is 0 Å². The van der Waals surface area contributed by atoms with Crippen molar-refractivity contribution in [1.29, 1.82) is 0 Å². The summed E-state index contributed by atoms with van der Waals surface area (Å²) in [6.07, 6.45) is 2.13. The molecule has 0 fully saturated rings. The smallest absolute Gasteiger partial charge is 0.256 e. The molecule has 0 saturated heterocycles. The third-order valence-corrected chi connectivity index (χ3v) is 4.60. The van der Waals surface area contributed by atoms with Crippen LogP contribution < -0.4 is 5.32 Å². The molecule has 1 amide bonds. The van der Waals surface area contributed by atoms with E-state index in [0.717, 1.165) is 36.3 Å². The van der Waals surface area contributed by atoms with Crippen molar-refractivity contribution in [2.24, 2.45) is 0 Å². The number of carbonyl (C=O) groups is 1. The molecule has 0 aliphatic carbocycles. The van der Waals surface area contributed by atoms with Crippen molar-refractivity contribution in [3.63, 3.8) is 0 Å². The van der Waals surface area contributed by atoms with E-state index in [1.807, 2.05) is 27.8 Å². The maximum atomic E-state index is 13.0. The van der Waals surface area contributed by atoms with Gasteiger partial charge in [-0.05, 0) is 30.5 Å². The van der Waals surface area contributed by atoms with E-state index in [0.29, 0.717) is 25.3 Å². The molecule has 2 aliphatic heterocycles. The number of nitrogens with one attached hydrogen (secondary N) is 1. The highest BCUT2D eigenvalue weighted by atomic mass is 16.3. The minimum absolute atomic E-state index is 0.0641. The number of hydrogen-bond donors (Lipinski definition) is 2. The number of aliphatic hydroxyl groups excluding tert-OH is 1. The van der Waals surface area contributed by atoms with E-state index in [-0.39, 0.29) is 12.5 Å². The molecule has 1 aromatic heterocycles. The van der Waals surface area contributed by atoms with Crippen LogP contribution in [0.1, 0.15) is 33.7 Å². The summed E-state index contributed by atoms with van der Waals surface area (Å²) in [5.41, 5.74) is 4.63. The van der Waals surface area contributed by atoms with Crippen molar-refractivity contribution in [3.8, 4) is 0 Å².